The zero-order chi connectivity index (χ0) is 20.0. The molecule has 7 nitrogen and oxygen atoms in total. The molecule has 0 aliphatic carbocycles. The SMILES string of the molecule is Cc1cccc(C)c1NC(=O)CNC(=O)COC(=O)c1ccc(F)cc1N. The molecule has 0 aliphatic heterocycles. The Bertz CT molecular complexity index is 863. The maximum absolute atomic E-state index is 13.0. The number of nitrogen functional groups attached to an aromatic ring is 1. The summed E-state index contributed by atoms with van der Waals surface area (Å²) >= 11 is 0. The number of nitrogens with one attached hydrogen (secondary N) is 2. The number of para-hydroxylation sites is 1. The standard InChI is InChI=1S/C19H20FN3O4/c1-11-4-3-5-12(2)18(11)23-16(24)9-22-17(25)10-27-19(26)14-7-6-13(20)8-15(14)21/h3-8H,9-10,21H2,1-2H3,(H,22,25)(H,23,24). The fourth-order valence-electron chi connectivity index (χ4n) is 2.35. The average molecular weight is 373 g/mol. The number of hydrogen-bond donors (Lipinski definition) is 3. The third-order valence-electron chi connectivity index (χ3n) is 3.76. The highest BCUT2D eigenvalue weighted by Gasteiger charge is 2.14. The van der Waals surface area contributed by atoms with Gasteiger partial charge in [0.05, 0.1) is 12.1 Å². The molecule has 0 spiro atoms. The number of halogens is 1. The number of rotatable bonds is 6. The van der Waals surface area contributed by atoms with E-state index in [-0.39, 0.29) is 17.8 Å². The Hall–Kier alpha value is -3.42. The van der Waals surface area contributed by atoms with Crippen molar-refractivity contribution in [1.82, 2.24) is 5.32 Å². The Morgan fingerprint density at radius 3 is 2.37 bits per heavy atom. The van der Waals surface area contributed by atoms with E-state index in [1.165, 1.54) is 6.07 Å². The second kappa shape index (κ2) is 8.79. The molecule has 0 radical (unpaired) electrons. The highest BCUT2D eigenvalue weighted by Crippen LogP contribution is 2.19. The lowest BCUT2D eigenvalue weighted by atomic mass is 10.1. The van der Waals surface area contributed by atoms with Crippen molar-refractivity contribution in [1.29, 1.82) is 0 Å². The molecule has 4 N–H and O–H groups in total. The Morgan fingerprint density at radius 2 is 1.74 bits per heavy atom. The van der Waals surface area contributed by atoms with Crippen LogP contribution in [-0.4, -0.2) is 30.9 Å². The fourth-order valence-corrected chi connectivity index (χ4v) is 2.35. The number of hydrogen-bond acceptors (Lipinski definition) is 5. The van der Waals surface area contributed by atoms with Crippen LogP contribution in [0.25, 0.3) is 0 Å². The molecule has 0 heterocycles. The predicted octanol–water partition coefficient (Wildman–Crippen LogP) is 1.94. The molecule has 0 aliphatic rings. The van der Waals surface area contributed by atoms with Crippen molar-refractivity contribution in [2.24, 2.45) is 0 Å². The van der Waals surface area contributed by atoms with Crippen molar-refractivity contribution < 1.29 is 23.5 Å². The minimum absolute atomic E-state index is 0.0445. The van der Waals surface area contributed by atoms with Crippen molar-refractivity contribution >= 4 is 29.2 Å². The number of benzene rings is 2. The lowest BCUT2D eigenvalue weighted by Gasteiger charge is -2.12. The van der Waals surface area contributed by atoms with E-state index in [0.717, 1.165) is 23.3 Å². The van der Waals surface area contributed by atoms with E-state index in [4.69, 9.17) is 10.5 Å². The summed E-state index contributed by atoms with van der Waals surface area (Å²) in [6.45, 7) is 2.86. The summed E-state index contributed by atoms with van der Waals surface area (Å²) in [6, 6.07) is 8.82. The lowest BCUT2D eigenvalue weighted by molar-refractivity contribution is -0.126. The minimum atomic E-state index is -0.859. The number of nitrogens with two attached hydrogens (primary N) is 1. The molecule has 142 valence electrons. The zero-order valence-electron chi connectivity index (χ0n) is 15.0. The first-order chi connectivity index (χ1) is 12.8. The Balaban J connectivity index is 1.80. The highest BCUT2D eigenvalue weighted by molar-refractivity contribution is 5.97. The summed E-state index contributed by atoms with van der Waals surface area (Å²) < 4.78 is 17.8. The van der Waals surface area contributed by atoms with E-state index in [2.05, 4.69) is 10.6 Å². The third-order valence-corrected chi connectivity index (χ3v) is 3.76. The molecule has 2 aromatic carbocycles. The monoisotopic (exact) mass is 373 g/mol. The summed E-state index contributed by atoms with van der Waals surface area (Å²) in [5.41, 5.74) is 7.89. The third kappa shape index (κ3) is 5.53. The molecule has 0 saturated heterocycles. The van der Waals surface area contributed by atoms with E-state index in [1.807, 2.05) is 32.0 Å². The molecule has 2 aromatic rings. The van der Waals surface area contributed by atoms with Gasteiger partial charge in [-0.05, 0) is 43.2 Å². The summed E-state index contributed by atoms with van der Waals surface area (Å²) in [4.78, 5) is 35.6. The van der Waals surface area contributed by atoms with E-state index in [0.29, 0.717) is 5.69 Å². The summed E-state index contributed by atoms with van der Waals surface area (Å²) in [5.74, 6) is -2.50. The molecule has 0 fully saturated rings. The van der Waals surface area contributed by atoms with Crippen molar-refractivity contribution in [2.45, 2.75) is 13.8 Å². The van der Waals surface area contributed by atoms with Crippen LogP contribution in [0, 0.1) is 19.7 Å². The van der Waals surface area contributed by atoms with E-state index in [9.17, 15) is 18.8 Å². The number of carbonyl (C=O) groups is 3. The molecule has 0 saturated carbocycles. The van der Waals surface area contributed by atoms with Crippen LogP contribution in [0.4, 0.5) is 15.8 Å². The number of aryl methyl sites for hydroxylation is 2. The van der Waals surface area contributed by atoms with Gasteiger partial charge < -0.3 is 21.1 Å². The molecular formula is C19H20FN3O4. The van der Waals surface area contributed by atoms with Crippen molar-refractivity contribution in [2.75, 3.05) is 24.2 Å². The molecule has 2 rings (SSSR count). The van der Waals surface area contributed by atoms with Crippen molar-refractivity contribution in [3.63, 3.8) is 0 Å². The van der Waals surface area contributed by atoms with Gasteiger partial charge in [0.25, 0.3) is 5.91 Å². The van der Waals surface area contributed by atoms with Gasteiger partial charge in [-0.15, -0.1) is 0 Å². The first-order valence-electron chi connectivity index (χ1n) is 8.13. The van der Waals surface area contributed by atoms with Crippen LogP contribution in [0.3, 0.4) is 0 Å². The Labute approximate surface area is 155 Å². The van der Waals surface area contributed by atoms with Gasteiger partial charge >= 0.3 is 5.97 Å². The molecule has 0 aromatic heterocycles. The van der Waals surface area contributed by atoms with E-state index >= 15 is 0 Å². The first-order valence-corrected chi connectivity index (χ1v) is 8.13. The second-order valence-electron chi connectivity index (χ2n) is 5.90. The molecule has 0 bridgehead atoms. The number of amides is 2. The summed E-state index contributed by atoms with van der Waals surface area (Å²) in [5, 5.41) is 5.08. The van der Waals surface area contributed by atoms with Gasteiger partial charge in [-0.3, -0.25) is 9.59 Å². The highest BCUT2D eigenvalue weighted by atomic mass is 19.1. The fraction of sp³-hybridized carbons (Fsp3) is 0.211. The maximum Gasteiger partial charge on any atom is 0.340 e. The topological polar surface area (TPSA) is 111 Å². The Morgan fingerprint density at radius 1 is 1.07 bits per heavy atom. The number of ether oxygens (including phenoxy) is 1. The molecule has 0 atom stereocenters. The minimum Gasteiger partial charge on any atom is -0.452 e. The van der Waals surface area contributed by atoms with Crippen molar-refractivity contribution in [3.05, 3.63) is 58.9 Å². The van der Waals surface area contributed by atoms with Crippen molar-refractivity contribution in [3.8, 4) is 0 Å². The van der Waals surface area contributed by atoms with Crippen LogP contribution < -0.4 is 16.4 Å². The van der Waals surface area contributed by atoms with Gasteiger partial charge in [0, 0.05) is 11.4 Å². The molecule has 2 amide bonds. The van der Waals surface area contributed by atoms with Crippen LogP contribution in [0.5, 0.6) is 0 Å². The molecule has 0 unspecified atom stereocenters. The number of esters is 1. The number of anilines is 2. The Kier molecular flexibility index (Phi) is 6.48. The van der Waals surface area contributed by atoms with Crippen LogP contribution in [0.15, 0.2) is 36.4 Å². The molecule has 27 heavy (non-hydrogen) atoms. The van der Waals surface area contributed by atoms with E-state index < -0.39 is 30.2 Å². The van der Waals surface area contributed by atoms with Crippen LogP contribution in [0.1, 0.15) is 21.5 Å². The van der Waals surface area contributed by atoms with Crippen LogP contribution in [-0.2, 0) is 14.3 Å². The lowest BCUT2D eigenvalue weighted by Crippen LogP contribution is -2.35. The summed E-state index contributed by atoms with van der Waals surface area (Å²) in [6.07, 6.45) is 0. The largest absolute Gasteiger partial charge is 0.452 e. The second-order valence-corrected chi connectivity index (χ2v) is 5.90. The molecule has 8 heteroatoms. The quantitative estimate of drug-likeness (QED) is 0.529. The van der Waals surface area contributed by atoms with Gasteiger partial charge in [-0.25, -0.2) is 9.18 Å². The van der Waals surface area contributed by atoms with Gasteiger partial charge in [-0.1, -0.05) is 18.2 Å². The average Bonchev–Trinajstić information content (AvgIpc) is 2.61. The number of carbonyl (C=O) groups excluding carboxylic acids is 3. The smallest absolute Gasteiger partial charge is 0.340 e. The first kappa shape index (κ1) is 19.9. The predicted molar refractivity (Wildman–Crippen MR) is 98.7 cm³/mol. The zero-order valence-corrected chi connectivity index (χ0v) is 15.0. The van der Waals surface area contributed by atoms with Gasteiger partial charge in [0.2, 0.25) is 5.91 Å². The normalized spacial score (nSPS) is 10.2. The molecular weight excluding hydrogens is 353 g/mol. The van der Waals surface area contributed by atoms with Gasteiger partial charge in [0.15, 0.2) is 6.61 Å². The summed E-state index contributed by atoms with van der Waals surface area (Å²) in [7, 11) is 0. The van der Waals surface area contributed by atoms with E-state index in [1.54, 1.807) is 0 Å². The maximum atomic E-state index is 13.0. The van der Waals surface area contributed by atoms with Crippen LogP contribution in [0.2, 0.25) is 0 Å². The van der Waals surface area contributed by atoms with Crippen LogP contribution >= 0.6 is 0 Å². The van der Waals surface area contributed by atoms with Gasteiger partial charge in [0.1, 0.15) is 5.82 Å². The van der Waals surface area contributed by atoms with Gasteiger partial charge in [-0.2, -0.15) is 0 Å².